The first-order valence-corrected chi connectivity index (χ1v) is 6.56. The van der Waals surface area contributed by atoms with Crippen LogP contribution in [0.1, 0.15) is 22.0 Å². The van der Waals surface area contributed by atoms with E-state index in [4.69, 9.17) is 10.5 Å². The standard InChI is InChI=1S/C16H18N2O3/c1-21-14-9-5-8-12(15(14)17)16(20)18-13(10-19)11-6-3-2-4-7-11/h2-9,13,19H,10,17H2,1H3,(H,18,20)/t13-/m0/s1. The Hall–Kier alpha value is -2.53. The summed E-state index contributed by atoms with van der Waals surface area (Å²) in [4.78, 5) is 12.3. The summed E-state index contributed by atoms with van der Waals surface area (Å²) >= 11 is 0. The number of methoxy groups -OCH3 is 1. The van der Waals surface area contributed by atoms with E-state index in [0.717, 1.165) is 5.56 Å². The van der Waals surface area contributed by atoms with Crippen molar-refractivity contribution >= 4 is 11.6 Å². The molecule has 0 heterocycles. The fourth-order valence-electron chi connectivity index (χ4n) is 2.08. The summed E-state index contributed by atoms with van der Waals surface area (Å²) in [6.45, 7) is -0.195. The molecule has 0 aliphatic rings. The zero-order valence-electron chi connectivity index (χ0n) is 11.7. The highest BCUT2D eigenvalue weighted by atomic mass is 16.5. The van der Waals surface area contributed by atoms with Gasteiger partial charge < -0.3 is 20.9 Å². The van der Waals surface area contributed by atoms with Gasteiger partial charge in [0, 0.05) is 0 Å². The van der Waals surface area contributed by atoms with Gasteiger partial charge in [-0.2, -0.15) is 0 Å². The molecule has 0 radical (unpaired) electrons. The second kappa shape index (κ2) is 6.76. The Balaban J connectivity index is 2.21. The van der Waals surface area contributed by atoms with Crippen LogP contribution in [0.25, 0.3) is 0 Å². The van der Waals surface area contributed by atoms with E-state index in [-0.39, 0.29) is 18.2 Å². The molecular formula is C16H18N2O3. The number of hydrogen-bond acceptors (Lipinski definition) is 4. The second-order valence-electron chi connectivity index (χ2n) is 4.54. The van der Waals surface area contributed by atoms with Gasteiger partial charge in [0.2, 0.25) is 0 Å². The van der Waals surface area contributed by atoms with Crippen molar-refractivity contribution in [2.45, 2.75) is 6.04 Å². The molecule has 0 saturated carbocycles. The molecule has 21 heavy (non-hydrogen) atoms. The lowest BCUT2D eigenvalue weighted by Gasteiger charge is -2.18. The minimum absolute atomic E-state index is 0.195. The highest BCUT2D eigenvalue weighted by Crippen LogP contribution is 2.25. The number of rotatable bonds is 5. The lowest BCUT2D eigenvalue weighted by Crippen LogP contribution is -2.31. The fraction of sp³-hybridized carbons (Fsp3) is 0.188. The molecule has 0 unspecified atom stereocenters. The van der Waals surface area contributed by atoms with Crippen LogP contribution in [-0.2, 0) is 0 Å². The van der Waals surface area contributed by atoms with E-state index < -0.39 is 6.04 Å². The first kappa shape index (κ1) is 14.9. The molecule has 1 atom stereocenters. The van der Waals surface area contributed by atoms with Gasteiger partial charge in [-0.1, -0.05) is 36.4 Å². The summed E-state index contributed by atoms with van der Waals surface area (Å²) < 4.78 is 5.10. The molecule has 0 bridgehead atoms. The highest BCUT2D eigenvalue weighted by Gasteiger charge is 2.18. The maximum atomic E-state index is 12.3. The Kier molecular flexibility index (Phi) is 4.79. The van der Waals surface area contributed by atoms with Gasteiger partial charge in [-0.3, -0.25) is 4.79 Å². The molecule has 110 valence electrons. The van der Waals surface area contributed by atoms with Crippen LogP contribution in [0.3, 0.4) is 0 Å². The van der Waals surface area contributed by atoms with Crippen molar-refractivity contribution in [1.29, 1.82) is 0 Å². The van der Waals surface area contributed by atoms with E-state index in [1.165, 1.54) is 7.11 Å². The molecular weight excluding hydrogens is 268 g/mol. The second-order valence-corrected chi connectivity index (χ2v) is 4.54. The number of amides is 1. The maximum Gasteiger partial charge on any atom is 0.254 e. The van der Waals surface area contributed by atoms with Crippen molar-refractivity contribution in [2.75, 3.05) is 19.5 Å². The Morgan fingerprint density at radius 1 is 1.24 bits per heavy atom. The number of carbonyl (C=O) groups excluding carboxylic acids is 1. The minimum Gasteiger partial charge on any atom is -0.495 e. The molecule has 0 saturated heterocycles. The third kappa shape index (κ3) is 3.32. The van der Waals surface area contributed by atoms with Gasteiger partial charge in [0.25, 0.3) is 5.91 Å². The third-order valence-corrected chi connectivity index (χ3v) is 3.22. The number of anilines is 1. The van der Waals surface area contributed by atoms with Crippen LogP contribution in [0.2, 0.25) is 0 Å². The van der Waals surface area contributed by atoms with Gasteiger partial charge in [-0.25, -0.2) is 0 Å². The van der Waals surface area contributed by atoms with E-state index in [9.17, 15) is 9.90 Å². The van der Waals surface area contributed by atoms with Gasteiger partial charge in [0.15, 0.2) is 0 Å². The summed E-state index contributed by atoms with van der Waals surface area (Å²) in [6.07, 6.45) is 0. The van der Waals surface area contributed by atoms with Crippen LogP contribution in [-0.4, -0.2) is 24.7 Å². The van der Waals surface area contributed by atoms with Crippen LogP contribution >= 0.6 is 0 Å². The highest BCUT2D eigenvalue weighted by molar-refractivity contribution is 6.00. The van der Waals surface area contributed by atoms with Crippen molar-refractivity contribution in [3.05, 3.63) is 59.7 Å². The van der Waals surface area contributed by atoms with Crippen molar-refractivity contribution in [1.82, 2.24) is 5.32 Å². The molecule has 4 N–H and O–H groups in total. The number of hydrogen-bond donors (Lipinski definition) is 3. The summed E-state index contributed by atoms with van der Waals surface area (Å²) in [6, 6.07) is 13.8. The molecule has 2 aromatic carbocycles. The number of benzene rings is 2. The summed E-state index contributed by atoms with van der Waals surface area (Å²) in [5.74, 6) is 0.0946. The number of nitrogen functional groups attached to an aromatic ring is 1. The summed E-state index contributed by atoms with van der Waals surface area (Å²) in [7, 11) is 1.49. The minimum atomic E-state index is -0.482. The van der Waals surface area contributed by atoms with Gasteiger partial charge in [0.05, 0.1) is 31.0 Å². The van der Waals surface area contributed by atoms with E-state index >= 15 is 0 Å². The average Bonchev–Trinajstić information content (AvgIpc) is 2.53. The molecule has 2 aromatic rings. The van der Waals surface area contributed by atoms with Crippen molar-refractivity contribution in [3.8, 4) is 5.75 Å². The van der Waals surface area contributed by atoms with Crippen molar-refractivity contribution in [3.63, 3.8) is 0 Å². The summed E-state index contributed by atoms with van der Waals surface area (Å²) in [5, 5.41) is 12.2. The molecule has 5 heteroatoms. The Labute approximate surface area is 123 Å². The number of ether oxygens (including phenoxy) is 1. The van der Waals surface area contributed by atoms with E-state index in [0.29, 0.717) is 11.3 Å². The number of para-hydroxylation sites is 1. The third-order valence-electron chi connectivity index (χ3n) is 3.22. The quantitative estimate of drug-likeness (QED) is 0.731. The Morgan fingerprint density at radius 3 is 2.57 bits per heavy atom. The topological polar surface area (TPSA) is 84.6 Å². The van der Waals surface area contributed by atoms with E-state index in [1.807, 2.05) is 30.3 Å². The largest absolute Gasteiger partial charge is 0.495 e. The first-order chi connectivity index (χ1) is 10.2. The predicted octanol–water partition coefficient (Wildman–Crippen LogP) is 1.74. The first-order valence-electron chi connectivity index (χ1n) is 6.56. The van der Waals surface area contributed by atoms with Crippen LogP contribution in [0.15, 0.2) is 48.5 Å². The van der Waals surface area contributed by atoms with Gasteiger partial charge in [-0.05, 0) is 17.7 Å². The lowest BCUT2D eigenvalue weighted by atomic mass is 10.1. The number of carbonyl (C=O) groups is 1. The normalized spacial score (nSPS) is 11.7. The molecule has 0 fully saturated rings. The number of nitrogens with two attached hydrogens (primary N) is 1. The van der Waals surface area contributed by atoms with Crippen LogP contribution < -0.4 is 15.8 Å². The van der Waals surface area contributed by atoms with Gasteiger partial charge in [-0.15, -0.1) is 0 Å². The van der Waals surface area contributed by atoms with Crippen LogP contribution in [0, 0.1) is 0 Å². The van der Waals surface area contributed by atoms with Crippen LogP contribution in [0.4, 0.5) is 5.69 Å². The smallest absolute Gasteiger partial charge is 0.254 e. The Morgan fingerprint density at radius 2 is 1.95 bits per heavy atom. The van der Waals surface area contributed by atoms with Crippen molar-refractivity contribution in [2.24, 2.45) is 0 Å². The molecule has 1 amide bonds. The molecule has 0 aromatic heterocycles. The zero-order chi connectivity index (χ0) is 15.2. The van der Waals surface area contributed by atoms with E-state index in [1.54, 1.807) is 18.2 Å². The Bertz CT molecular complexity index is 614. The average molecular weight is 286 g/mol. The van der Waals surface area contributed by atoms with Gasteiger partial charge in [0.1, 0.15) is 5.75 Å². The molecule has 0 aliphatic heterocycles. The predicted molar refractivity (Wildman–Crippen MR) is 81.1 cm³/mol. The van der Waals surface area contributed by atoms with Gasteiger partial charge >= 0.3 is 0 Å². The molecule has 0 spiro atoms. The zero-order valence-corrected chi connectivity index (χ0v) is 11.7. The SMILES string of the molecule is COc1cccc(C(=O)N[C@@H](CO)c2ccccc2)c1N. The molecule has 0 aliphatic carbocycles. The van der Waals surface area contributed by atoms with Crippen molar-refractivity contribution < 1.29 is 14.6 Å². The number of nitrogens with one attached hydrogen (secondary N) is 1. The maximum absolute atomic E-state index is 12.3. The number of aliphatic hydroxyl groups excluding tert-OH is 1. The molecule has 2 rings (SSSR count). The van der Waals surface area contributed by atoms with Crippen LogP contribution in [0.5, 0.6) is 5.75 Å². The van der Waals surface area contributed by atoms with E-state index in [2.05, 4.69) is 5.32 Å². The summed E-state index contributed by atoms with van der Waals surface area (Å²) in [5.41, 5.74) is 7.33. The fourth-order valence-corrected chi connectivity index (χ4v) is 2.08. The molecule has 5 nitrogen and oxygen atoms in total. The monoisotopic (exact) mass is 286 g/mol. The number of aliphatic hydroxyl groups is 1. The lowest BCUT2D eigenvalue weighted by molar-refractivity contribution is 0.0917.